The molecule has 3 N–H and O–H groups in total. The van der Waals surface area contributed by atoms with Crippen molar-refractivity contribution in [3.63, 3.8) is 0 Å². The van der Waals surface area contributed by atoms with Crippen LogP contribution in [0.5, 0.6) is 23.0 Å². The lowest BCUT2D eigenvalue weighted by Gasteiger charge is -2.25. The van der Waals surface area contributed by atoms with Gasteiger partial charge in [0, 0.05) is 11.8 Å². The van der Waals surface area contributed by atoms with Gasteiger partial charge in [0.25, 0.3) is 5.91 Å². The number of rotatable bonds is 15. The molecule has 50 heavy (non-hydrogen) atoms. The lowest BCUT2D eigenvalue weighted by atomic mass is 10.1. The number of benzene rings is 2. The van der Waals surface area contributed by atoms with Gasteiger partial charge in [-0.15, -0.1) is 0 Å². The van der Waals surface area contributed by atoms with Crippen LogP contribution in [0.2, 0.25) is 0 Å². The van der Waals surface area contributed by atoms with Gasteiger partial charge in [-0.1, -0.05) is 18.2 Å². The smallest absolute Gasteiger partial charge is 0.459 e. The number of aliphatic hydroxyl groups excluding tert-OH is 1. The van der Waals surface area contributed by atoms with Crippen LogP contribution in [0, 0.1) is 0 Å². The minimum atomic E-state index is -4.51. The van der Waals surface area contributed by atoms with E-state index < -0.39 is 68.4 Å². The Balaban J connectivity index is 1.50. The summed E-state index contributed by atoms with van der Waals surface area (Å²) in [4.78, 5) is 41.9. The van der Waals surface area contributed by atoms with E-state index in [1.807, 2.05) is 0 Å². The molecule has 0 radical (unpaired) electrons. The lowest BCUT2D eigenvalue weighted by molar-refractivity contribution is -0.149. The molecule has 16 nitrogen and oxygen atoms in total. The molecule has 0 spiro atoms. The summed E-state index contributed by atoms with van der Waals surface area (Å²) in [6.07, 6.45) is -6.37. The van der Waals surface area contributed by atoms with Gasteiger partial charge < -0.3 is 38.6 Å². The highest BCUT2D eigenvalue weighted by molar-refractivity contribution is 7.52. The zero-order valence-corrected chi connectivity index (χ0v) is 28.7. The number of anilines is 1. The minimum Gasteiger partial charge on any atom is -0.493 e. The fraction of sp³-hybridized carbons (Fsp3) is 0.419. The predicted octanol–water partition coefficient (Wildman–Crippen LogP) is 3.55. The van der Waals surface area contributed by atoms with E-state index >= 15 is 8.78 Å². The standard InChI is InChI=1S/C31H37F2N4O12P/c1-17(2)47-28(40)18(3)36-50(42,49-20-10-8-7-9-11-20)46-16-23-26(38)31(32,33)29(48-23)37-13-12-24(35-30(37)41)34-27(39)19-14-21(43-4)25(45-6)22(15-19)44-5/h7-15,17-18,23,26,29,38H,16H2,1-6H3,(H,36,42)(H,34,35,39,41)/t18-,23+,26-,29+,50-/m0/s1. The molecule has 1 aliphatic rings. The number of aliphatic hydroxyl groups is 1. The van der Waals surface area contributed by atoms with Crippen LogP contribution >= 0.6 is 7.75 Å². The van der Waals surface area contributed by atoms with Gasteiger partial charge in [0.1, 0.15) is 23.7 Å². The molecule has 2 heterocycles. The minimum absolute atomic E-state index is 0.0383. The summed E-state index contributed by atoms with van der Waals surface area (Å²) in [7, 11) is -0.409. The quantitative estimate of drug-likeness (QED) is 0.152. The van der Waals surface area contributed by atoms with Crippen LogP contribution in [0.3, 0.4) is 0 Å². The first-order valence-electron chi connectivity index (χ1n) is 15.0. The Labute approximate surface area is 285 Å². The maximum atomic E-state index is 15.4. The second kappa shape index (κ2) is 15.9. The molecule has 1 fully saturated rings. The zero-order chi connectivity index (χ0) is 36.8. The molecule has 0 unspecified atom stereocenters. The van der Waals surface area contributed by atoms with Gasteiger partial charge >= 0.3 is 25.3 Å². The van der Waals surface area contributed by atoms with Crippen molar-refractivity contribution in [3.05, 3.63) is 70.8 Å². The van der Waals surface area contributed by atoms with Crippen molar-refractivity contribution in [1.29, 1.82) is 0 Å². The number of methoxy groups -OCH3 is 3. The van der Waals surface area contributed by atoms with Gasteiger partial charge in [0.15, 0.2) is 17.6 Å². The van der Waals surface area contributed by atoms with Gasteiger partial charge in [0.2, 0.25) is 12.0 Å². The van der Waals surface area contributed by atoms with E-state index in [9.17, 15) is 24.1 Å². The molecule has 2 aromatic carbocycles. The fourth-order valence-electron chi connectivity index (χ4n) is 4.67. The van der Waals surface area contributed by atoms with Crippen LogP contribution in [0.1, 0.15) is 37.4 Å². The maximum Gasteiger partial charge on any atom is 0.459 e. The molecule has 4 rings (SSSR count). The van der Waals surface area contributed by atoms with Crippen LogP contribution in [-0.2, 0) is 23.4 Å². The number of nitrogens with one attached hydrogen (secondary N) is 2. The highest BCUT2D eigenvalue weighted by Gasteiger charge is 2.60. The summed E-state index contributed by atoms with van der Waals surface area (Å²) >= 11 is 0. The molecule has 1 saturated heterocycles. The molecule has 1 aliphatic heterocycles. The summed E-state index contributed by atoms with van der Waals surface area (Å²) < 4.78 is 81.9. The summed E-state index contributed by atoms with van der Waals surface area (Å²) in [5, 5.41) is 15.3. The van der Waals surface area contributed by atoms with E-state index in [0.29, 0.717) is 4.57 Å². The van der Waals surface area contributed by atoms with E-state index in [-0.39, 0.29) is 34.4 Å². The highest BCUT2D eigenvalue weighted by Crippen LogP contribution is 2.48. The first kappa shape index (κ1) is 38.2. The maximum absolute atomic E-state index is 15.4. The molecule has 3 aromatic rings. The molecule has 1 amide bonds. The van der Waals surface area contributed by atoms with Crippen molar-refractivity contribution >= 4 is 25.4 Å². The average Bonchev–Trinajstić information content (AvgIpc) is 3.30. The van der Waals surface area contributed by atoms with Crippen LogP contribution in [0.15, 0.2) is 59.5 Å². The summed E-state index contributed by atoms with van der Waals surface area (Å²) in [6, 6.07) is 10.2. The number of para-hydroxylation sites is 1. The number of hydrogen-bond acceptors (Lipinski definition) is 13. The summed E-state index contributed by atoms with van der Waals surface area (Å²) in [5.74, 6) is -5.25. The topological polar surface area (TPSA) is 195 Å². The number of aromatic nitrogens is 2. The molecule has 0 aliphatic carbocycles. The van der Waals surface area contributed by atoms with Crippen molar-refractivity contribution in [1.82, 2.24) is 14.6 Å². The largest absolute Gasteiger partial charge is 0.493 e. The number of carbonyl (C=O) groups excluding carboxylic acids is 2. The van der Waals surface area contributed by atoms with E-state index in [1.54, 1.807) is 32.0 Å². The Morgan fingerprint density at radius 3 is 2.26 bits per heavy atom. The Bertz CT molecular complexity index is 1750. The van der Waals surface area contributed by atoms with Crippen molar-refractivity contribution in [2.45, 2.75) is 57.3 Å². The number of amides is 1. The molecule has 19 heteroatoms. The van der Waals surface area contributed by atoms with E-state index in [0.717, 1.165) is 12.3 Å². The van der Waals surface area contributed by atoms with Gasteiger partial charge in [0.05, 0.1) is 34.0 Å². The molecular weight excluding hydrogens is 689 g/mol. The third-order valence-electron chi connectivity index (χ3n) is 7.07. The Morgan fingerprint density at radius 2 is 1.70 bits per heavy atom. The van der Waals surface area contributed by atoms with Crippen molar-refractivity contribution in [2.24, 2.45) is 0 Å². The molecular formula is C31H37F2N4O12P. The van der Waals surface area contributed by atoms with Crippen molar-refractivity contribution < 1.29 is 60.8 Å². The number of esters is 1. The molecule has 272 valence electrons. The Hall–Kier alpha value is -4.61. The number of halogens is 2. The third-order valence-corrected chi connectivity index (χ3v) is 8.71. The van der Waals surface area contributed by atoms with E-state index in [1.165, 1.54) is 52.5 Å². The number of hydrogen-bond donors (Lipinski definition) is 3. The molecule has 5 atom stereocenters. The Kier molecular flexibility index (Phi) is 12.2. The second-order valence-electron chi connectivity index (χ2n) is 11.1. The fourth-order valence-corrected chi connectivity index (χ4v) is 6.18. The SMILES string of the molecule is COc1cc(C(=O)Nc2ccn([C@@H]3O[C@H](CO[P@@](=O)(N[C@@H](C)C(=O)OC(C)C)Oc4ccccc4)[C@H](O)C3(F)F)c(=O)n2)cc(OC)c1OC. The molecule has 0 saturated carbocycles. The van der Waals surface area contributed by atoms with Crippen molar-refractivity contribution in [2.75, 3.05) is 33.3 Å². The summed E-state index contributed by atoms with van der Waals surface area (Å²) in [5.41, 5.74) is -1.22. The number of nitrogens with zero attached hydrogens (tertiary/aromatic N) is 2. The van der Waals surface area contributed by atoms with Crippen molar-refractivity contribution in [3.8, 4) is 23.0 Å². The van der Waals surface area contributed by atoms with Gasteiger partial charge in [-0.3, -0.25) is 18.7 Å². The number of alkyl halides is 2. The first-order valence-corrected chi connectivity index (χ1v) is 16.6. The van der Waals surface area contributed by atoms with Crippen LogP contribution < -0.4 is 34.8 Å². The molecule has 0 bridgehead atoms. The monoisotopic (exact) mass is 726 g/mol. The second-order valence-corrected chi connectivity index (χ2v) is 12.7. The zero-order valence-electron chi connectivity index (χ0n) is 27.8. The first-order chi connectivity index (χ1) is 23.6. The average molecular weight is 727 g/mol. The lowest BCUT2D eigenvalue weighted by Crippen LogP contribution is -2.42. The molecule has 1 aromatic heterocycles. The number of carbonyl (C=O) groups is 2. The van der Waals surface area contributed by atoms with Crippen LogP contribution in [-0.4, -0.2) is 84.7 Å². The van der Waals surface area contributed by atoms with Gasteiger partial charge in [-0.25, -0.2) is 9.36 Å². The van der Waals surface area contributed by atoms with E-state index in [2.05, 4.69) is 15.4 Å². The van der Waals surface area contributed by atoms with Gasteiger partial charge in [-0.05, 0) is 51.1 Å². The number of ether oxygens (including phenoxy) is 5. The van der Waals surface area contributed by atoms with E-state index in [4.69, 9.17) is 32.7 Å². The normalized spacial score (nSPS) is 20.0. The Morgan fingerprint density at radius 1 is 1.06 bits per heavy atom. The van der Waals surface area contributed by atoms with Gasteiger partial charge in [-0.2, -0.15) is 18.9 Å². The van der Waals surface area contributed by atoms with Crippen LogP contribution in [0.4, 0.5) is 14.6 Å². The highest BCUT2D eigenvalue weighted by atomic mass is 31.2. The third kappa shape index (κ3) is 8.75. The predicted molar refractivity (Wildman–Crippen MR) is 172 cm³/mol. The summed E-state index contributed by atoms with van der Waals surface area (Å²) in [6.45, 7) is 3.62. The van der Waals surface area contributed by atoms with Crippen LogP contribution in [0.25, 0.3) is 0 Å².